The number of hydrogen-bond donors (Lipinski definition) is 2. The Labute approximate surface area is 167 Å². The first-order valence-corrected chi connectivity index (χ1v) is 10.1. The maximum atomic E-state index is 12.3. The van der Waals surface area contributed by atoms with Crippen molar-refractivity contribution in [3.05, 3.63) is 61.8 Å². The monoisotopic (exact) mass is 401 g/mol. The molecule has 2 N–H and O–H groups in total. The van der Waals surface area contributed by atoms with Gasteiger partial charge in [0.25, 0.3) is 11.6 Å². The lowest BCUT2D eigenvalue weighted by Crippen LogP contribution is -2.43. The summed E-state index contributed by atoms with van der Waals surface area (Å²) in [6, 6.07) is 8.48. The van der Waals surface area contributed by atoms with Gasteiger partial charge in [0.15, 0.2) is 0 Å². The van der Waals surface area contributed by atoms with Crippen LogP contribution in [-0.4, -0.2) is 29.8 Å². The Bertz CT molecular complexity index is 874. The van der Waals surface area contributed by atoms with Crippen LogP contribution in [0.4, 0.5) is 5.69 Å². The lowest BCUT2D eigenvalue weighted by atomic mass is 9.84. The molecular formula is C20H23N3O4S. The molecule has 1 aliphatic carbocycles. The summed E-state index contributed by atoms with van der Waals surface area (Å²) in [6.07, 6.45) is 4.40. The topological polar surface area (TPSA) is 101 Å². The SMILES string of the molecule is Cc1c(C(=O)NCC(=O)NCC2(c3cccs3)CCCC2)cccc1[N+](=O)[O-]. The Hall–Kier alpha value is -2.74. The van der Waals surface area contributed by atoms with Gasteiger partial charge in [-0.3, -0.25) is 19.7 Å². The summed E-state index contributed by atoms with van der Waals surface area (Å²) in [6.45, 7) is 1.91. The molecule has 0 atom stereocenters. The van der Waals surface area contributed by atoms with Crippen LogP contribution < -0.4 is 10.6 Å². The normalized spacial score (nSPS) is 15.2. The highest BCUT2D eigenvalue weighted by molar-refractivity contribution is 7.10. The number of nitro groups is 1. The van der Waals surface area contributed by atoms with E-state index in [4.69, 9.17) is 0 Å². The molecule has 0 radical (unpaired) electrons. The van der Waals surface area contributed by atoms with E-state index < -0.39 is 10.8 Å². The predicted octanol–water partition coefficient (Wildman–Crippen LogP) is 3.32. The third-order valence-electron chi connectivity index (χ3n) is 5.38. The zero-order valence-electron chi connectivity index (χ0n) is 15.7. The number of hydrogen-bond acceptors (Lipinski definition) is 5. The van der Waals surface area contributed by atoms with Crippen molar-refractivity contribution < 1.29 is 14.5 Å². The summed E-state index contributed by atoms with van der Waals surface area (Å²) in [5, 5.41) is 18.6. The van der Waals surface area contributed by atoms with Gasteiger partial charge in [-0.05, 0) is 37.3 Å². The van der Waals surface area contributed by atoms with E-state index in [1.165, 1.54) is 30.0 Å². The summed E-state index contributed by atoms with van der Waals surface area (Å²) in [7, 11) is 0. The quantitative estimate of drug-likeness (QED) is 0.549. The van der Waals surface area contributed by atoms with Gasteiger partial charge in [-0.1, -0.05) is 25.0 Å². The molecule has 1 heterocycles. The van der Waals surface area contributed by atoms with Crippen LogP contribution in [-0.2, 0) is 10.2 Å². The maximum absolute atomic E-state index is 12.3. The molecular weight excluding hydrogens is 378 g/mol. The Morgan fingerprint density at radius 3 is 2.57 bits per heavy atom. The number of nitrogens with zero attached hydrogens (tertiary/aromatic N) is 1. The number of nitro benzene ring substituents is 1. The highest BCUT2D eigenvalue weighted by atomic mass is 32.1. The third kappa shape index (κ3) is 4.22. The Kier molecular flexibility index (Phi) is 6.08. The van der Waals surface area contributed by atoms with Gasteiger partial charge in [0.2, 0.25) is 5.91 Å². The largest absolute Gasteiger partial charge is 0.354 e. The van der Waals surface area contributed by atoms with Crippen LogP contribution in [0.2, 0.25) is 0 Å². The van der Waals surface area contributed by atoms with Gasteiger partial charge in [0.05, 0.1) is 11.5 Å². The second-order valence-electron chi connectivity index (χ2n) is 7.13. The summed E-state index contributed by atoms with van der Waals surface area (Å²) in [4.78, 5) is 36.4. The smallest absolute Gasteiger partial charge is 0.273 e. The fourth-order valence-corrected chi connectivity index (χ4v) is 4.78. The zero-order valence-corrected chi connectivity index (χ0v) is 16.5. The highest BCUT2D eigenvalue weighted by Crippen LogP contribution is 2.42. The summed E-state index contributed by atoms with van der Waals surface area (Å²) in [5.41, 5.74) is 0.363. The first-order valence-electron chi connectivity index (χ1n) is 9.26. The second kappa shape index (κ2) is 8.52. The molecule has 2 aromatic rings. The van der Waals surface area contributed by atoms with Gasteiger partial charge < -0.3 is 10.6 Å². The van der Waals surface area contributed by atoms with Crippen LogP contribution in [0.5, 0.6) is 0 Å². The molecule has 1 aromatic heterocycles. The molecule has 1 saturated carbocycles. The van der Waals surface area contributed by atoms with Crippen LogP contribution in [0.3, 0.4) is 0 Å². The molecule has 1 aliphatic rings. The van der Waals surface area contributed by atoms with E-state index in [0.29, 0.717) is 6.54 Å². The van der Waals surface area contributed by atoms with Crippen molar-refractivity contribution in [1.29, 1.82) is 0 Å². The van der Waals surface area contributed by atoms with E-state index in [1.54, 1.807) is 11.3 Å². The molecule has 0 bridgehead atoms. The van der Waals surface area contributed by atoms with Crippen LogP contribution in [0.15, 0.2) is 35.7 Å². The van der Waals surface area contributed by atoms with E-state index in [9.17, 15) is 19.7 Å². The van der Waals surface area contributed by atoms with Crippen molar-refractivity contribution in [2.24, 2.45) is 0 Å². The van der Waals surface area contributed by atoms with E-state index in [-0.39, 0.29) is 34.7 Å². The molecule has 7 nitrogen and oxygen atoms in total. The number of carbonyl (C=O) groups is 2. The minimum absolute atomic E-state index is 0.00946. The van der Waals surface area contributed by atoms with E-state index in [1.807, 2.05) is 6.07 Å². The van der Waals surface area contributed by atoms with Crippen molar-refractivity contribution >= 4 is 28.8 Å². The Morgan fingerprint density at radius 1 is 1.18 bits per heavy atom. The van der Waals surface area contributed by atoms with Crippen molar-refractivity contribution in [3.8, 4) is 0 Å². The minimum Gasteiger partial charge on any atom is -0.354 e. The van der Waals surface area contributed by atoms with Crippen molar-refractivity contribution in [2.75, 3.05) is 13.1 Å². The van der Waals surface area contributed by atoms with E-state index in [2.05, 4.69) is 22.1 Å². The lowest BCUT2D eigenvalue weighted by molar-refractivity contribution is -0.385. The number of carbonyl (C=O) groups excluding carboxylic acids is 2. The van der Waals surface area contributed by atoms with Crippen molar-refractivity contribution in [2.45, 2.75) is 38.0 Å². The molecule has 8 heteroatoms. The number of rotatable bonds is 7. The third-order valence-corrected chi connectivity index (χ3v) is 6.50. The molecule has 1 aromatic carbocycles. The molecule has 0 unspecified atom stereocenters. The van der Waals surface area contributed by atoms with Crippen molar-refractivity contribution in [3.63, 3.8) is 0 Å². The second-order valence-corrected chi connectivity index (χ2v) is 8.08. The molecule has 3 rings (SSSR count). The number of benzene rings is 1. The van der Waals surface area contributed by atoms with E-state index in [0.717, 1.165) is 25.7 Å². The van der Waals surface area contributed by atoms with Gasteiger partial charge in [0.1, 0.15) is 0 Å². The molecule has 1 fully saturated rings. The fraction of sp³-hybridized carbons (Fsp3) is 0.400. The standard InChI is InChI=1S/C20H23N3O4S/c1-14-15(6-4-7-16(14)23(26)27)19(25)21-12-18(24)22-13-20(9-2-3-10-20)17-8-5-11-28-17/h4-8,11H,2-3,9-10,12-13H2,1H3,(H,21,25)(H,22,24). The summed E-state index contributed by atoms with van der Waals surface area (Å²) >= 11 is 1.72. The van der Waals surface area contributed by atoms with E-state index >= 15 is 0 Å². The molecule has 28 heavy (non-hydrogen) atoms. The number of thiophene rings is 1. The van der Waals surface area contributed by atoms with Gasteiger partial charge in [-0.15, -0.1) is 11.3 Å². The Morgan fingerprint density at radius 2 is 1.93 bits per heavy atom. The lowest BCUT2D eigenvalue weighted by Gasteiger charge is -2.28. The minimum atomic E-state index is -0.523. The number of amides is 2. The molecule has 148 valence electrons. The van der Waals surface area contributed by atoms with Crippen LogP contribution in [0.25, 0.3) is 0 Å². The zero-order chi connectivity index (χ0) is 20.1. The Balaban J connectivity index is 1.57. The summed E-state index contributed by atoms with van der Waals surface area (Å²) in [5.74, 6) is -0.760. The first kappa shape index (κ1) is 20.0. The fourth-order valence-electron chi connectivity index (χ4n) is 3.80. The molecule has 0 saturated heterocycles. The molecule has 0 aliphatic heterocycles. The molecule has 2 amide bonds. The van der Waals surface area contributed by atoms with Crippen LogP contribution in [0, 0.1) is 17.0 Å². The van der Waals surface area contributed by atoms with Gasteiger partial charge in [-0.2, -0.15) is 0 Å². The summed E-state index contributed by atoms with van der Waals surface area (Å²) < 4.78 is 0. The molecule has 0 spiro atoms. The van der Waals surface area contributed by atoms with Crippen LogP contribution in [0.1, 0.15) is 46.5 Å². The van der Waals surface area contributed by atoms with Crippen LogP contribution >= 0.6 is 11.3 Å². The number of nitrogens with one attached hydrogen (secondary N) is 2. The average molecular weight is 401 g/mol. The van der Waals surface area contributed by atoms with Gasteiger partial charge in [0, 0.05) is 34.0 Å². The first-order chi connectivity index (χ1) is 13.4. The maximum Gasteiger partial charge on any atom is 0.273 e. The van der Waals surface area contributed by atoms with Crippen molar-refractivity contribution in [1.82, 2.24) is 10.6 Å². The van der Waals surface area contributed by atoms with Gasteiger partial charge >= 0.3 is 0 Å². The highest BCUT2D eigenvalue weighted by Gasteiger charge is 2.36. The predicted molar refractivity (Wildman–Crippen MR) is 108 cm³/mol. The average Bonchev–Trinajstić information content (AvgIpc) is 3.36. The van der Waals surface area contributed by atoms with Gasteiger partial charge in [-0.25, -0.2) is 0 Å².